The predicted molar refractivity (Wildman–Crippen MR) is 102 cm³/mol. The highest BCUT2D eigenvalue weighted by atomic mass is 32.1. The number of carbonyl (C=O) groups is 1. The highest BCUT2D eigenvalue weighted by Crippen LogP contribution is 2.42. The molecule has 6 heteroatoms. The van der Waals surface area contributed by atoms with Crippen molar-refractivity contribution in [3.63, 3.8) is 0 Å². The van der Waals surface area contributed by atoms with E-state index in [1.165, 1.54) is 4.88 Å². The predicted octanol–water partition coefficient (Wildman–Crippen LogP) is 4.35. The van der Waals surface area contributed by atoms with Crippen LogP contribution in [0.1, 0.15) is 26.6 Å². The Balaban J connectivity index is 1.39. The van der Waals surface area contributed by atoms with Crippen LogP contribution in [0, 0.1) is 0 Å². The Morgan fingerprint density at radius 3 is 2.96 bits per heavy atom. The minimum absolute atomic E-state index is 0.125. The Morgan fingerprint density at radius 2 is 2.15 bits per heavy atom. The summed E-state index contributed by atoms with van der Waals surface area (Å²) in [4.78, 5) is 16.3. The molecule has 27 heavy (non-hydrogen) atoms. The van der Waals surface area contributed by atoms with Gasteiger partial charge in [-0.3, -0.25) is 9.69 Å². The summed E-state index contributed by atoms with van der Waals surface area (Å²) in [5, 5.41) is 2.09. The standard InChI is InChI=1S/C21H17NO4S/c23-20-16-5-6-18-17(21(16)26-19(20)11-14-3-1-9-24-14)12-22(13-25-18)8-7-15-4-2-10-27-15/h1-6,9-11H,7-8,12-13H2. The zero-order valence-electron chi connectivity index (χ0n) is 14.5. The fraction of sp³-hybridized carbons (Fsp3) is 0.190. The van der Waals surface area contributed by atoms with Gasteiger partial charge < -0.3 is 13.9 Å². The van der Waals surface area contributed by atoms with Crippen LogP contribution < -0.4 is 9.47 Å². The molecular weight excluding hydrogens is 362 g/mol. The molecule has 0 saturated heterocycles. The van der Waals surface area contributed by atoms with E-state index in [0.29, 0.717) is 30.3 Å². The Morgan fingerprint density at radius 1 is 1.19 bits per heavy atom. The molecule has 0 saturated carbocycles. The van der Waals surface area contributed by atoms with Crippen LogP contribution in [0.25, 0.3) is 6.08 Å². The number of hydrogen-bond donors (Lipinski definition) is 0. The molecule has 2 aliphatic heterocycles. The summed E-state index contributed by atoms with van der Waals surface area (Å²) in [6.07, 6.45) is 4.18. The monoisotopic (exact) mass is 379 g/mol. The zero-order chi connectivity index (χ0) is 18.2. The third-order valence-corrected chi connectivity index (χ3v) is 5.69. The molecule has 2 aliphatic rings. The van der Waals surface area contributed by atoms with E-state index in [0.717, 1.165) is 24.3 Å². The Hall–Kier alpha value is -2.83. The van der Waals surface area contributed by atoms with Crippen molar-refractivity contribution in [3.05, 3.63) is 75.6 Å². The summed E-state index contributed by atoms with van der Waals surface area (Å²) < 4.78 is 17.1. The lowest BCUT2D eigenvalue weighted by molar-refractivity contribution is 0.0951. The number of fused-ring (bicyclic) bond motifs is 3. The summed E-state index contributed by atoms with van der Waals surface area (Å²) >= 11 is 1.77. The second-order valence-corrected chi connectivity index (χ2v) is 7.56. The van der Waals surface area contributed by atoms with Crippen LogP contribution >= 0.6 is 11.3 Å². The molecular formula is C21H17NO4S. The van der Waals surface area contributed by atoms with E-state index in [1.807, 2.05) is 6.07 Å². The van der Waals surface area contributed by atoms with Crippen LogP contribution in [0.3, 0.4) is 0 Å². The molecule has 136 valence electrons. The number of thiophene rings is 1. The first-order valence-electron chi connectivity index (χ1n) is 8.79. The molecule has 0 fully saturated rings. The summed E-state index contributed by atoms with van der Waals surface area (Å²) in [7, 11) is 0. The van der Waals surface area contributed by atoms with Crippen LogP contribution in [0.4, 0.5) is 0 Å². The number of furan rings is 1. The fourth-order valence-corrected chi connectivity index (χ4v) is 4.07. The van der Waals surface area contributed by atoms with Gasteiger partial charge in [0.15, 0.2) is 5.76 Å². The highest BCUT2D eigenvalue weighted by Gasteiger charge is 2.33. The zero-order valence-corrected chi connectivity index (χ0v) is 15.3. The minimum Gasteiger partial charge on any atom is -0.478 e. The van der Waals surface area contributed by atoms with Crippen molar-refractivity contribution in [2.75, 3.05) is 13.3 Å². The molecule has 5 nitrogen and oxygen atoms in total. The van der Waals surface area contributed by atoms with E-state index in [-0.39, 0.29) is 11.5 Å². The first-order chi connectivity index (χ1) is 13.3. The van der Waals surface area contributed by atoms with E-state index in [1.54, 1.807) is 41.9 Å². The number of nitrogens with zero attached hydrogens (tertiary/aromatic N) is 1. The Labute approximate surface area is 160 Å². The van der Waals surface area contributed by atoms with Crippen molar-refractivity contribution in [2.45, 2.75) is 13.0 Å². The Kier molecular flexibility index (Phi) is 4.07. The second-order valence-electron chi connectivity index (χ2n) is 6.53. The molecule has 0 unspecified atom stereocenters. The summed E-state index contributed by atoms with van der Waals surface area (Å²) in [5.74, 6) is 2.14. The van der Waals surface area contributed by atoms with E-state index in [2.05, 4.69) is 22.4 Å². The smallest absolute Gasteiger partial charge is 0.232 e. The number of carbonyl (C=O) groups excluding carboxylic acids is 1. The lowest BCUT2D eigenvalue weighted by Crippen LogP contribution is -2.33. The number of benzene rings is 1. The molecule has 0 bridgehead atoms. The average Bonchev–Trinajstić information content (AvgIpc) is 3.44. The summed E-state index contributed by atoms with van der Waals surface area (Å²) in [5.41, 5.74) is 1.51. The maximum atomic E-state index is 12.7. The van der Waals surface area contributed by atoms with Crippen LogP contribution in [0.15, 0.2) is 58.2 Å². The number of allylic oxidation sites excluding steroid dienone is 1. The van der Waals surface area contributed by atoms with Gasteiger partial charge in [-0.2, -0.15) is 0 Å². The number of hydrogen-bond acceptors (Lipinski definition) is 6. The van der Waals surface area contributed by atoms with Crippen molar-refractivity contribution in [1.82, 2.24) is 4.90 Å². The van der Waals surface area contributed by atoms with Crippen LogP contribution in [-0.2, 0) is 13.0 Å². The molecule has 4 heterocycles. The highest BCUT2D eigenvalue weighted by molar-refractivity contribution is 7.09. The molecule has 0 radical (unpaired) electrons. The van der Waals surface area contributed by atoms with Gasteiger partial charge >= 0.3 is 0 Å². The van der Waals surface area contributed by atoms with Gasteiger partial charge in [0, 0.05) is 24.0 Å². The van der Waals surface area contributed by atoms with Crippen LogP contribution in [-0.4, -0.2) is 24.0 Å². The second kappa shape index (κ2) is 6.72. The van der Waals surface area contributed by atoms with Crippen LogP contribution in [0.5, 0.6) is 11.5 Å². The summed E-state index contributed by atoms with van der Waals surface area (Å²) in [6.45, 7) is 2.14. The third kappa shape index (κ3) is 3.07. The van der Waals surface area contributed by atoms with Crippen molar-refractivity contribution in [2.24, 2.45) is 0 Å². The number of Topliss-reactive ketones (excluding diaryl/α,β-unsaturated/α-hetero) is 1. The van der Waals surface area contributed by atoms with E-state index >= 15 is 0 Å². The fourth-order valence-electron chi connectivity index (χ4n) is 3.37. The van der Waals surface area contributed by atoms with Gasteiger partial charge in [0.1, 0.15) is 24.0 Å². The van der Waals surface area contributed by atoms with E-state index in [4.69, 9.17) is 13.9 Å². The maximum absolute atomic E-state index is 12.7. The molecule has 0 atom stereocenters. The van der Waals surface area contributed by atoms with Crippen molar-refractivity contribution >= 4 is 23.2 Å². The molecule has 1 aromatic carbocycles. The quantitative estimate of drug-likeness (QED) is 0.631. The van der Waals surface area contributed by atoms with Gasteiger partial charge in [0.25, 0.3) is 0 Å². The van der Waals surface area contributed by atoms with Crippen molar-refractivity contribution in [3.8, 4) is 11.5 Å². The van der Waals surface area contributed by atoms with Crippen molar-refractivity contribution in [1.29, 1.82) is 0 Å². The van der Waals surface area contributed by atoms with E-state index in [9.17, 15) is 4.79 Å². The van der Waals surface area contributed by atoms with Gasteiger partial charge in [-0.25, -0.2) is 0 Å². The molecule has 0 amide bonds. The minimum atomic E-state index is -0.125. The first-order valence-corrected chi connectivity index (χ1v) is 9.67. The topological polar surface area (TPSA) is 51.9 Å². The maximum Gasteiger partial charge on any atom is 0.232 e. The molecule has 5 rings (SSSR count). The Bertz CT molecular complexity index is 1010. The summed E-state index contributed by atoms with van der Waals surface area (Å²) in [6, 6.07) is 11.4. The van der Waals surface area contributed by atoms with E-state index < -0.39 is 0 Å². The van der Waals surface area contributed by atoms with Gasteiger partial charge in [-0.15, -0.1) is 11.3 Å². The largest absolute Gasteiger partial charge is 0.478 e. The SMILES string of the molecule is O=C1C(=Cc2ccco2)Oc2c1ccc1c2CN(CCc2cccs2)CO1. The first kappa shape index (κ1) is 16.4. The molecule has 0 aliphatic carbocycles. The molecule has 0 N–H and O–H groups in total. The normalized spacial score (nSPS) is 17.5. The molecule has 0 spiro atoms. The lowest BCUT2D eigenvalue weighted by atomic mass is 10.0. The van der Waals surface area contributed by atoms with Gasteiger partial charge in [-0.1, -0.05) is 6.07 Å². The van der Waals surface area contributed by atoms with Crippen LogP contribution in [0.2, 0.25) is 0 Å². The third-order valence-electron chi connectivity index (χ3n) is 4.75. The van der Waals surface area contributed by atoms with Gasteiger partial charge in [0.2, 0.25) is 5.78 Å². The number of ketones is 1. The number of ether oxygens (including phenoxy) is 2. The lowest BCUT2D eigenvalue weighted by Gasteiger charge is -2.29. The molecule has 2 aromatic heterocycles. The number of rotatable bonds is 4. The molecule has 3 aromatic rings. The average molecular weight is 379 g/mol. The van der Waals surface area contributed by atoms with Gasteiger partial charge in [-0.05, 0) is 42.1 Å². The van der Waals surface area contributed by atoms with Gasteiger partial charge in [0.05, 0.1) is 17.4 Å². The van der Waals surface area contributed by atoms with Crippen molar-refractivity contribution < 1.29 is 18.7 Å².